The van der Waals surface area contributed by atoms with E-state index in [1.807, 2.05) is 0 Å². The molecule has 0 spiro atoms. The van der Waals surface area contributed by atoms with Crippen LogP contribution in [0, 0.1) is 0 Å². The Morgan fingerprint density at radius 1 is 0.350 bits per heavy atom. The molecule has 4 rings (SSSR count). The van der Waals surface area contributed by atoms with E-state index in [1.54, 1.807) is 48.5 Å². The average molecular weight is 545 g/mol. The number of carbonyl (C=O) groups is 4. The molecule has 0 aliphatic heterocycles. The number of benzene rings is 4. The largest absolute Gasteiger partial charge is 0.507 e. The molecule has 0 radical (unpaired) electrons. The Morgan fingerprint density at radius 2 is 0.525 bits per heavy atom. The van der Waals surface area contributed by atoms with Crippen LogP contribution in [0.3, 0.4) is 0 Å². The van der Waals surface area contributed by atoms with E-state index in [2.05, 4.69) is 21.7 Å². The number of phenolic OH excluding ortho intramolecular Hbond substituents is 4. The highest BCUT2D eigenvalue weighted by molar-refractivity contribution is 6.02. The molecule has 204 valence electrons. The topological polar surface area (TPSA) is 197 Å². The zero-order chi connectivity index (χ0) is 29.1. The number of hydrogen-bond donors (Lipinski definition) is 8. The van der Waals surface area contributed by atoms with Crippen molar-refractivity contribution in [1.29, 1.82) is 0 Å². The fraction of sp³-hybridized carbons (Fsp3) is 0. The molecule has 4 amide bonds. The molecule has 0 saturated carbocycles. The molecule has 4 aromatic carbocycles. The summed E-state index contributed by atoms with van der Waals surface area (Å²) in [5.41, 5.74) is 8.75. The zero-order valence-corrected chi connectivity index (χ0v) is 20.7. The first-order valence-electron chi connectivity index (χ1n) is 11.5. The Hall–Kier alpha value is -6.04. The van der Waals surface area contributed by atoms with Crippen molar-refractivity contribution in [3.05, 3.63) is 119 Å². The predicted octanol–water partition coefficient (Wildman–Crippen LogP) is 2.35. The van der Waals surface area contributed by atoms with Gasteiger partial charge >= 0.3 is 0 Å². The van der Waals surface area contributed by atoms with Crippen molar-refractivity contribution in [2.45, 2.75) is 0 Å². The fourth-order valence-electron chi connectivity index (χ4n) is 3.16. The van der Waals surface area contributed by atoms with Crippen LogP contribution in [-0.4, -0.2) is 44.1 Å². The van der Waals surface area contributed by atoms with Crippen molar-refractivity contribution >= 4 is 23.6 Å². The van der Waals surface area contributed by atoms with E-state index in [4.69, 9.17) is 0 Å². The first kappa shape index (κ1) is 28.5. The first-order valence-corrected chi connectivity index (χ1v) is 11.5. The summed E-state index contributed by atoms with van der Waals surface area (Å²) in [4.78, 5) is 47.0. The van der Waals surface area contributed by atoms with E-state index in [0.29, 0.717) is 0 Å². The van der Waals surface area contributed by atoms with Gasteiger partial charge in [-0.2, -0.15) is 0 Å². The average Bonchev–Trinajstić information content (AvgIpc) is 2.95. The van der Waals surface area contributed by atoms with Crippen LogP contribution in [-0.2, 0) is 0 Å². The van der Waals surface area contributed by atoms with Gasteiger partial charge in [0.05, 0.1) is 22.3 Å². The molecule has 0 aromatic heterocycles. The summed E-state index contributed by atoms with van der Waals surface area (Å²) in [6, 6.07) is 23.7. The van der Waals surface area contributed by atoms with Crippen molar-refractivity contribution in [2.24, 2.45) is 0 Å². The van der Waals surface area contributed by atoms with E-state index in [0.717, 1.165) is 0 Å². The van der Waals surface area contributed by atoms with Gasteiger partial charge in [0.1, 0.15) is 23.0 Å². The molecule has 0 saturated heterocycles. The number of hydrogen-bond acceptors (Lipinski definition) is 8. The molecule has 0 atom stereocenters. The number of para-hydroxylation sites is 4. The van der Waals surface area contributed by atoms with Gasteiger partial charge in [0.25, 0.3) is 23.6 Å². The highest BCUT2D eigenvalue weighted by atomic mass is 16.3. The second-order valence-corrected chi connectivity index (χ2v) is 7.89. The van der Waals surface area contributed by atoms with Gasteiger partial charge in [0.2, 0.25) is 0 Å². The highest BCUT2D eigenvalue weighted by Gasteiger charge is 2.15. The lowest BCUT2D eigenvalue weighted by Gasteiger charge is -2.09. The maximum Gasteiger partial charge on any atom is 0.273 e. The summed E-state index contributed by atoms with van der Waals surface area (Å²) < 4.78 is 0. The van der Waals surface area contributed by atoms with E-state index >= 15 is 0 Å². The van der Waals surface area contributed by atoms with E-state index in [9.17, 15) is 39.6 Å². The third-order valence-corrected chi connectivity index (χ3v) is 5.17. The minimum Gasteiger partial charge on any atom is -0.507 e. The molecule has 0 aliphatic rings. The summed E-state index contributed by atoms with van der Waals surface area (Å²) in [6.07, 6.45) is 0. The number of phenols is 4. The van der Waals surface area contributed by atoms with Crippen molar-refractivity contribution in [1.82, 2.24) is 21.7 Å². The Kier molecular flexibility index (Phi) is 9.62. The smallest absolute Gasteiger partial charge is 0.273 e. The number of amides is 4. The van der Waals surface area contributed by atoms with Gasteiger partial charge in [0.15, 0.2) is 0 Å². The molecule has 0 heterocycles. The number of aromatic hydroxyl groups is 4. The lowest BCUT2D eigenvalue weighted by molar-refractivity contribution is 0.0843. The maximum absolute atomic E-state index is 11.7. The summed E-state index contributed by atoms with van der Waals surface area (Å²) in [6.45, 7) is 0. The quantitative estimate of drug-likeness (QED) is 0.179. The summed E-state index contributed by atoms with van der Waals surface area (Å²) >= 11 is 0. The maximum atomic E-state index is 11.7. The lowest BCUT2D eigenvalue weighted by atomic mass is 10.2. The fourth-order valence-corrected chi connectivity index (χ4v) is 3.16. The van der Waals surface area contributed by atoms with Crippen LogP contribution >= 0.6 is 0 Å². The van der Waals surface area contributed by atoms with Crippen molar-refractivity contribution in [3.63, 3.8) is 0 Å². The minimum absolute atomic E-state index is 0.0325. The van der Waals surface area contributed by atoms with Crippen LogP contribution < -0.4 is 21.7 Å². The normalized spacial score (nSPS) is 9.80. The van der Waals surface area contributed by atoms with Gasteiger partial charge in [-0.3, -0.25) is 40.9 Å². The van der Waals surface area contributed by atoms with Gasteiger partial charge < -0.3 is 20.4 Å². The monoisotopic (exact) mass is 544 g/mol. The summed E-state index contributed by atoms with van der Waals surface area (Å²) in [5, 5.41) is 38.0. The van der Waals surface area contributed by atoms with E-state index < -0.39 is 23.6 Å². The van der Waals surface area contributed by atoms with Crippen LogP contribution in [0.4, 0.5) is 0 Å². The van der Waals surface area contributed by atoms with Gasteiger partial charge in [-0.15, -0.1) is 0 Å². The number of carbonyl (C=O) groups excluding carboxylic acids is 4. The molecule has 12 heteroatoms. The van der Waals surface area contributed by atoms with Crippen molar-refractivity contribution < 1.29 is 39.6 Å². The molecule has 0 unspecified atom stereocenters. The number of nitrogens with one attached hydrogen (secondary N) is 4. The molecule has 40 heavy (non-hydrogen) atoms. The molecule has 12 nitrogen and oxygen atoms in total. The van der Waals surface area contributed by atoms with Crippen LogP contribution in [0.25, 0.3) is 0 Å². The van der Waals surface area contributed by atoms with Crippen LogP contribution in [0.1, 0.15) is 41.4 Å². The SMILES string of the molecule is O=C(NNC(=O)c1ccccc1O)c1ccccc1O.O=C(NNC(=O)c1ccccc1O)c1ccccc1O. The molecule has 0 fully saturated rings. The highest BCUT2D eigenvalue weighted by Crippen LogP contribution is 2.17. The van der Waals surface area contributed by atoms with E-state index in [-0.39, 0.29) is 45.3 Å². The van der Waals surface area contributed by atoms with Gasteiger partial charge in [0, 0.05) is 0 Å². The molecule has 4 aromatic rings. The molecular weight excluding hydrogens is 520 g/mol. The second-order valence-electron chi connectivity index (χ2n) is 7.89. The predicted molar refractivity (Wildman–Crippen MR) is 142 cm³/mol. The molecule has 0 bridgehead atoms. The molecule has 8 N–H and O–H groups in total. The second kappa shape index (κ2) is 13.5. The van der Waals surface area contributed by atoms with Crippen LogP contribution in [0.15, 0.2) is 97.1 Å². The Bertz CT molecular complexity index is 1310. The summed E-state index contributed by atoms with van der Waals surface area (Å²) in [7, 11) is 0. The van der Waals surface area contributed by atoms with Crippen LogP contribution in [0.2, 0.25) is 0 Å². The Labute approximate surface area is 227 Å². The van der Waals surface area contributed by atoms with Gasteiger partial charge in [-0.05, 0) is 48.5 Å². The number of hydrazine groups is 2. The Balaban J connectivity index is 0.000000220. The van der Waals surface area contributed by atoms with Gasteiger partial charge in [-0.1, -0.05) is 48.5 Å². The Morgan fingerprint density at radius 3 is 0.700 bits per heavy atom. The van der Waals surface area contributed by atoms with Crippen LogP contribution in [0.5, 0.6) is 23.0 Å². The molecular formula is C28H24N4O8. The third-order valence-electron chi connectivity index (χ3n) is 5.17. The standard InChI is InChI=1S/2C14H12N2O4/c2*17-11-7-3-1-5-9(11)13(19)15-16-14(20)10-6-2-4-8-12(10)18/h2*1-8,17-18H,(H,15,19)(H,16,20). The molecule has 0 aliphatic carbocycles. The lowest BCUT2D eigenvalue weighted by Crippen LogP contribution is -2.41. The first-order chi connectivity index (χ1) is 19.2. The minimum atomic E-state index is -0.660. The van der Waals surface area contributed by atoms with Gasteiger partial charge in [-0.25, -0.2) is 0 Å². The zero-order valence-electron chi connectivity index (χ0n) is 20.7. The summed E-state index contributed by atoms with van der Waals surface area (Å²) in [5.74, 6) is -3.41. The van der Waals surface area contributed by atoms with E-state index in [1.165, 1.54) is 48.5 Å². The third kappa shape index (κ3) is 7.49. The van der Waals surface area contributed by atoms with Crippen molar-refractivity contribution in [3.8, 4) is 23.0 Å². The van der Waals surface area contributed by atoms with Crippen molar-refractivity contribution in [2.75, 3.05) is 0 Å². The number of rotatable bonds is 4.